The fraction of sp³-hybridized carbons (Fsp3) is 0.350. The molecule has 3 aromatic rings. The monoisotopic (exact) mass is 421 g/mol. The van der Waals surface area contributed by atoms with Crippen molar-refractivity contribution in [3.63, 3.8) is 0 Å². The summed E-state index contributed by atoms with van der Waals surface area (Å²) in [6.07, 6.45) is -2.27. The Morgan fingerprint density at radius 1 is 1.33 bits per heavy atom. The molecular weight excluding hydrogens is 403 g/mol. The van der Waals surface area contributed by atoms with Crippen LogP contribution in [0, 0.1) is 0 Å². The molecule has 7 nitrogen and oxygen atoms in total. The highest BCUT2D eigenvalue weighted by Crippen LogP contribution is 2.35. The lowest BCUT2D eigenvalue weighted by atomic mass is 10.1. The van der Waals surface area contributed by atoms with Crippen molar-refractivity contribution in [1.29, 1.82) is 0 Å². The van der Waals surface area contributed by atoms with Crippen LogP contribution in [0.1, 0.15) is 28.9 Å². The predicted octanol–water partition coefficient (Wildman–Crippen LogP) is 3.76. The van der Waals surface area contributed by atoms with Gasteiger partial charge in [0.15, 0.2) is 11.3 Å². The number of rotatable bonds is 5. The van der Waals surface area contributed by atoms with Gasteiger partial charge in [-0.2, -0.15) is 18.3 Å². The van der Waals surface area contributed by atoms with Crippen molar-refractivity contribution < 1.29 is 32.2 Å². The molecule has 0 spiro atoms. The van der Waals surface area contributed by atoms with E-state index in [0.29, 0.717) is 22.4 Å². The third-order valence-corrected chi connectivity index (χ3v) is 4.79. The number of benzene rings is 1. The molecule has 158 valence electrons. The number of alkyl halides is 3. The molecule has 0 unspecified atom stereocenters. The SMILES string of the molecule is COc1ccccc1-c1cc(C(F)(F)F)n2ncc(C(=O)OC[C@H]3CCCO3)c2n1. The molecule has 0 saturated carbocycles. The molecule has 2 aromatic heterocycles. The molecule has 1 atom stereocenters. The third kappa shape index (κ3) is 3.82. The van der Waals surface area contributed by atoms with Gasteiger partial charge in [-0.15, -0.1) is 0 Å². The Bertz CT molecular complexity index is 1070. The van der Waals surface area contributed by atoms with Crippen LogP contribution in [0.5, 0.6) is 5.75 Å². The van der Waals surface area contributed by atoms with Gasteiger partial charge in [-0.05, 0) is 31.0 Å². The number of carbonyl (C=O) groups excluding carboxylic acids is 1. The van der Waals surface area contributed by atoms with Crippen LogP contribution in [-0.4, -0.2) is 47.0 Å². The van der Waals surface area contributed by atoms with Crippen LogP contribution in [0.15, 0.2) is 36.5 Å². The highest BCUT2D eigenvalue weighted by molar-refractivity contribution is 5.96. The van der Waals surface area contributed by atoms with Crippen LogP contribution < -0.4 is 4.74 Å². The van der Waals surface area contributed by atoms with Crippen LogP contribution in [0.4, 0.5) is 13.2 Å². The van der Waals surface area contributed by atoms with Crippen molar-refractivity contribution in [2.45, 2.75) is 25.1 Å². The van der Waals surface area contributed by atoms with Gasteiger partial charge in [-0.1, -0.05) is 12.1 Å². The van der Waals surface area contributed by atoms with Gasteiger partial charge in [0.25, 0.3) is 0 Å². The van der Waals surface area contributed by atoms with Gasteiger partial charge in [-0.25, -0.2) is 14.3 Å². The molecule has 0 N–H and O–H groups in total. The number of ether oxygens (including phenoxy) is 3. The Balaban J connectivity index is 1.78. The van der Waals surface area contributed by atoms with Crippen molar-refractivity contribution in [3.8, 4) is 17.0 Å². The van der Waals surface area contributed by atoms with Gasteiger partial charge in [0.1, 0.15) is 17.9 Å². The van der Waals surface area contributed by atoms with Gasteiger partial charge in [0, 0.05) is 12.2 Å². The maximum atomic E-state index is 13.7. The van der Waals surface area contributed by atoms with Crippen molar-refractivity contribution in [3.05, 3.63) is 47.8 Å². The topological polar surface area (TPSA) is 75.0 Å². The molecule has 3 heterocycles. The van der Waals surface area contributed by atoms with Crippen LogP contribution in [0.25, 0.3) is 16.9 Å². The largest absolute Gasteiger partial charge is 0.496 e. The molecule has 1 aromatic carbocycles. The second-order valence-electron chi connectivity index (χ2n) is 6.75. The lowest BCUT2D eigenvalue weighted by molar-refractivity contribution is -0.142. The Morgan fingerprint density at radius 3 is 2.83 bits per heavy atom. The van der Waals surface area contributed by atoms with E-state index in [1.807, 2.05) is 0 Å². The number of hydrogen-bond acceptors (Lipinski definition) is 6. The van der Waals surface area contributed by atoms with E-state index in [2.05, 4.69) is 10.1 Å². The Kier molecular flexibility index (Phi) is 5.33. The standard InChI is InChI=1S/C20H18F3N3O4/c1-28-16-7-3-2-6-13(16)15-9-17(20(21,22)23)26-18(25-15)14(10-24-26)19(27)30-11-12-5-4-8-29-12/h2-3,6-7,9-10,12H,4-5,8,11H2,1H3/t12-/m1/s1. The fourth-order valence-electron chi connectivity index (χ4n) is 3.33. The van der Waals surface area contributed by atoms with Crippen molar-refractivity contribution >= 4 is 11.6 Å². The molecule has 1 aliphatic heterocycles. The first-order valence-electron chi connectivity index (χ1n) is 9.26. The average molecular weight is 421 g/mol. The number of aromatic nitrogens is 3. The number of esters is 1. The van der Waals surface area contributed by atoms with E-state index in [0.717, 1.165) is 25.1 Å². The van der Waals surface area contributed by atoms with E-state index in [9.17, 15) is 18.0 Å². The first kappa shape index (κ1) is 20.1. The van der Waals surface area contributed by atoms with E-state index in [1.165, 1.54) is 7.11 Å². The fourth-order valence-corrected chi connectivity index (χ4v) is 3.33. The molecule has 0 amide bonds. The smallest absolute Gasteiger partial charge is 0.433 e. The molecular formula is C20H18F3N3O4. The van der Waals surface area contributed by atoms with E-state index in [1.54, 1.807) is 24.3 Å². The maximum absolute atomic E-state index is 13.7. The molecule has 1 saturated heterocycles. The minimum Gasteiger partial charge on any atom is -0.496 e. The van der Waals surface area contributed by atoms with Crippen molar-refractivity contribution in [2.24, 2.45) is 0 Å². The number of halogens is 3. The summed E-state index contributed by atoms with van der Waals surface area (Å²) in [5.41, 5.74) is -1.11. The van der Waals surface area contributed by atoms with Gasteiger partial charge >= 0.3 is 12.1 Å². The van der Waals surface area contributed by atoms with E-state index in [-0.39, 0.29) is 29.6 Å². The summed E-state index contributed by atoms with van der Waals surface area (Å²) < 4.78 is 57.6. The van der Waals surface area contributed by atoms with Crippen LogP contribution in [0.3, 0.4) is 0 Å². The summed E-state index contributed by atoms with van der Waals surface area (Å²) in [7, 11) is 1.41. The quantitative estimate of drug-likeness (QED) is 0.584. The van der Waals surface area contributed by atoms with Gasteiger partial charge in [0.2, 0.25) is 0 Å². The Hall–Kier alpha value is -3.14. The highest BCUT2D eigenvalue weighted by Gasteiger charge is 2.36. The van der Waals surface area contributed by atoms with E-state index in [4.69, 9.17) is 14.2 Å². The normalized spacial score (nSPS) is 16.7. The maximum Gasteiger partial charge on any atom is 0.433 e. The number of para-hydroxylation sites is 1. The number of hydrogen-bond donors (Lipinski definition) is 0. The second-order valence-corrected chi connectivity index (χ2v) is 6.75. The third-order valence-electron chi connectivity index (χ3n) is 4.79. The van der Waals surface area contributed by atoms with E-state index >= 15 is 0 Å². The predicted molar refractivity (Wildman–Crippen MR) is 99.2 cm³/mol. The van der Waals surface area contributed by atoms with Crippen LogP contribution >= 0.6 is 0 Å². The number of nitrogens with zero attached hydrogens (tertiary/aromatic N) is 3. The molecule has 0 bridgehead atoms. The molecule has 1 aliphatic rings. The van der Waals surface area contributed by atoms with Crippen molar-refractivity contribution in [2.75, 3.05) is 20.3 Å². The van der Waals surface area contributed by atoms with Gasteiger partial charge in [-0.3, -0.25) is 0 Å². The first-order valence-corrected chi connectivity index (χ1v) is 9.26. The van der Waals surface area contributed by atoms with Gasteiger partial charge < -0.3 is 14.2 Å². The molecule has 10 heteroatoms. The van der Waals surface area contributed by atoms with Crippen LogP contribution in [0.2, 0.25) is 0 Å². The molecule has 1 fully saturated rings. The highest BCUT2D eigenvalue weighted by atomic mass is 19.4. The Morgan fingerprint density at radius 2 is 2.13 bits per heavy atom. The molecule has 30 heavy (non-hydrogen) atoms. The minimum atomic E-state index is -4.72. The zero-order valence-electron chi connectivity index (χ0n) is 16.0. The number of carbonyl (C=O) groups is 1. The summed E-state index contributed by atoms with van der Waals surface area (Å²) >= 11 is 0. The molecule has 0 aliphatic carbocycles. The summed E-state index contributed by atoms with van der Waals surface area (Å²) in [5.74, 6) is -0.456. The van der Waals surface area contributed by atoms with E-state index < -0.39 is 17.8 Å². The lowest BCUT2D eigenvalue weighted by Gasteiger charge is -2.13. The zero-order chi connectivity index (χ0) is 21.3. The first-order chi connectivity index (χ1) is 14.4. The lowest BCUT2D eigenvalue weighted by Crippen LogP contribution is -2.18. The summed E-state index contributed by atoms with van der Waals surface area (Å²) in [6, 6.07) is 7.42. The van der Waals surface area contributed by atoms with Crippen LogP contribution in [-0.2, 0) is 15.7 Å². The number of fused-ring (bicyclic) bond motifs is 1. The number of methoxy groups -OCH3 is 1. The summed E-state index contributed by atoms with van der Waals surface area (Å²) in [5, 5.41) is 3.73. The molecule has 0 radical (unpaired) electrons. The summed E-state index contributed by atoms with van der Waals surface area (Å²) in [6.45, 7) is 0.617. The average Bonchev–Trinajstić information content (AvgIpc) is 3.40. The molecule has 4 rings (SSSR count). The summed E-state index contributed by atoms with van der Waals surface area (Å²) in [4.78, 5) is 16.8. The Labute approximate surface area is 169 Å². The zero-order valence-corrected chi connectivity index (χ0v) is 16.0. The second kappa shape index (κ2) is 7.94. The van der Waals surface area contributed by atoms with Gasteiger partial charge in [0.05, 0.1) is 25.1 Å². The van der Waals surface area contributed by atoms with Crippen molar-refractivity contribution in [1.82, 2.24) is 14.6 Å². The minimum absolute atomic E-state index is 0.000881.